The van der Waals surface area contributed by atoms with Gasteiger partial charge < -0.3 is 15.5 Å². The standard InChI is InChI=1S/C12H21F2N3O/c13-12(14)3-7-17(9-12)11(18)10-1-5-16(6-2-10)8-4-15/h10H,1-9,15H2. The lowest BCUT2D eigenvalue weighted by molar-refractivity contribution is -0.137. The van der Waals surface area contributed by atoms with Crippen LogP contribution >= 0.6 is 0 Å². The number of halogens is 2. The average Bonchev–Trinajstić information content (AvgIpc) is 2.70. The molecular weight excluding hydrogens is 240 g/mol. The molecule has 0 aromatic rings. The highest BCUT2D eigenvalue weighted by atomic mass is 19.3. The highest BCUT2D eigenvalue weighted by Crippen LogP contribution is 2.29. The van der Waals surface area contributed by atoms with Crippen molar-refractivity contribution in [3.05, 3.63) is 0 Å². The molecule has 0 radical (unpaired) electrons. The predicted octanol–water partition coefficient (Wildman–Crippen LogP) is 0.525. The minimum atomic E-state index is -2.68. The van der Waals surface area contributed by atoms with E-state index >= 15 is 0 Å². The second-order valence-corrected chi connectivity index (χ2v) is 5.27. The summed E-state index contributed by atoms with van der Waals surface area (Å²) in [5, 5.41) is 0. The Labute approximate surface area is 106 Å². The molecule has 0 aromatic carbocycles. The van der Waals surface area contributed by atoms with Gasteiger partial charge in [0.15, 0.2) is 0 Å². The fourth-order valence-electron chi connectivity index (χ4n) is 2.77. The van der Waals surface area contributed by atoms with Crippen LogP contribution in [-0.2, 0) is 4.79 Å². The molecule has 2 heterocycles. The van der Waals surface area contributed by atoms with E-state index in [1.165, 1.54) is 4.90 Å². The molecule has 2 aliphatic rings. The molecule has 2 rings (SSSR count). The SMILES string of the molecule is NCCN1CCC(C(=O)N2CCC(F)(F)C2)CC1. The summed E-state index contributed by atoms with van der Waals surface area (Å²) in [5.41, 5.74) is 5.48. The Morgan fingerprint density at radius 2 is 1.94 bits per heavy atom. The van der Waals surface area contributed by atoms with Gasteiger partial charge in [-0.15, -0.1) is 0 Å². The Balaban J connectivity index is 1.81. The Hall–Kier alpha value is -0.750. The van der Waals surface area contributed by atoms with Crippen LogP contribution in [0.15, 0.2) is 0 Å². The predicted molar refractivity (Wildman–Crippen MR) is 64.4 cm³/mol. The number of carbonyl (C=O) groups is 1. The van der Waals surface area contributed by atoms with Crippen molar-refractivity contribution in [3.8, 4) is 0 Å². The molecule has 2 aliphatic heterocycles. The molecule has 1 amide bonds. The van der Waals surface area contributed by atoms with Crippen molar-refractivity contribution in [2.24, 2.45) is 11.7 Å². The Bertz CT molecular complexity index is 304. The fourth-order valence-corrected chi connectivity index (χ4v) is 2.77. The van der Waals surface area contributed by atoms with Gasteiger partial charge in [0, 0.05) is 32.0 Å². The van der Waals surface area contributed by atoms with Crippen molar-refractivity contribution in [1.82, 2.24) is 9.80 Å². The van der Waals surface area contributed by atoms with Gasteiger partial charge in [0.25, 0.3) is 5.92 Å². The van der Waals surface area contributed by atoms with Crippen LogP contribution < -0.4 is 5.73 Å². The van der Waals surface area contributed by atoms with Crippen LogP contribution in [0.2, 0.25) is 0 Å². The minimum absolute atomic E-state index is 0.0760. The third-order valence-corrected chi connectivity index (χ3v) is 3.86. The number of hydrogen-bond acceptors (Lipinski definition) is 3. The molecule has 0 spiro atoms. The van der Waals surface area contributed by atoms with Crippen LogP contribution in [0.5, 0.6) is 0 Å². The van der Waals surface area contributed by atoms with Gasteiger partial charge in [-0.3, -0.25) is 4.79 Å². The summed E-state index contributed by atoms with van der Waals surface area (Å²) in [4.78, 5) is 15.7. The van der Waals surface area contributed by atoms with E-state index in [1.54, 1.807) is 0 Å². The Kier molecular flexibility index (Phi) is 4.17. The summed E-state index contributed by atoms with van der Waals surface area (Å²) in [6.45, 7) is 2.97. The van der Waals surface area contributed by atoms with Crippen LogP contribution in [0.25, 0.3) is 0 Å². The second kappa shape index (κ2) is 5.48. The molecule has 2 N–H and O–H groups in total. The maximum atomic E-state index is 13.1. The topological polar surface area (TPSA) is 49.6 Å². The molecule has 0 bridgehead atoms. The lowest BCUT2D eigenvalue weighted by Gasteiger charge is -2.32. The Morgan fingerprint density at radius 3 is 2.44 bits per heavy atom. The number of piperidine rings is 1. The zero-order valence-corrected chi connectivity index (χ0v) is 10.6. The van der Waals surface area contributed by atoms with E-state index in [4.69, 9.17) is 5.73 Å². The van der Waals surface area contributed by atoms with E-state index in [0.29, 0.717) is 6.54 Å². The number of nitrogens with zero attached hydrogens (tertiary/aromatic N) is 2. The zero-order chi connectivity index (χ0) is 13.2. The molecule has 0 saturated carbocycles. The van der Waals surface area contributed by atoms with Crippen molar-refractivity contribution >= 4 is 5.91 Å². The maximum Gasteiger partial charge on any atom is 0.267 e. The normalized spacial score (nSPS) is 25.6. The quantitative estimate of drug-likeness (QED) is 0.806. The summed E-state index contributed by atoms with van der Waals surface area (Å²) >= 11 is 0. The summed E-state index contributed by atoms with van der Waals surface area (Å²) in [7, 11) is 0. The lowest BCUT2D eigenvalue weighted by atomic mass is 9.95. The first kappa shape index (κ1) is 13.7. The van der Waals surface area contributed by atoms with Crippen LogP contribution in [-0.4, -0.2) is 60.9 Å². The van der Waals surface area contributed by atoms with Crippen molar-refractivity contribution in [2.75, 3.05) is 39.3 Å². The molecule has 0 aromatic heterocycles. The number of alkyl halides is 2. The van der Waals surface area contributed by atoms with Crippen LogP contribution in [0.1, 0.15) is 19.3 Å². The number of hydrogen-bond donors (Lipinski definition) is 1. The first-order valence-electron chi connectivity index (χ1n) is 6.61. The van der Waals surface area contributed by atoms with Gasteiger partial charge in [-0.2, -0.15) is 0 Å². The fraction of sp³-hybridized carbons (Fsp3) is 0.917. The van der Waals surface area contributed by atoms with Gasteiger partial charge in [-0.25, -0.2) is 8.78 Å². The summed E-state index contributed by atoms with van der Waals surface area (Å²) in [5.74, 6) is -2.84. The third kappa shape index (κ3) is 3.17. The summed E-state index contributed by atoms with van der Waals surface area (Å²) < 4.78 is 26.1. The molecular formula is C12H21F2N3O. The molecule has 18 heavy (non-hydrogen) atoms. The largest absolute Gasteiger partial charge is 0.336 e. The van der Waals surface area contributed by atoms with Crippen molar-refractivity contribution in [2.45, 2.75) is 25.2 Å². The minimum Gasteiger partial charge on any atom is -0.336 e. The Morgan fingerprint density at radius 1 is 1.28 bits per heavy atom. The highest BCUT2D eigenvalue weighted by Gasteiger charge is 2.42. The van der Waals surface area contributed by atoms with E-state index in [2.05, 4.69) is 4.90 Å². The average molecular weight is 261 g/mol. The smallest absolute Gasteiger partial charge is 0.267 e. The zero-order valence-electron chi connectivity index (χ0n) is 10.6. The van der Waals surface area contributed by atoms with E-state index in [0.717, 1.165) is 32.5 Å². The first-order valence-corrected chi connectivity index (χ1v) is 6.61. The van der Waals surface area contributed by atoms with Crippen LogP contribution in [0.3, 0.4) is 0 Å². The summed E-state index contributed by atoms with van der Waals surface area (Å²) in [6, 6.07) is 0. The van der Waals surface area contributed by atoms with Gasteiger partial charge in [0.1, 0.15) is 0 Å². The van der Waals surface area contributed by atoms with E-state index < -0.39 is 12.5 Å². The van der Waals surface area contributed by atoms with Crippen LogP contribution in [0.4, 0.5) is 8.78 Å². The van der Waals surface area contributed by atoms with Crippen LogP contribution in [0, 0.1) is 5.92 Å². The molecule has 0 aliphatic carbocycles. The summed E-state index contributed by atoms with van der Waals surface area (Å²) in [6.07, 6.45) is 1.34. The van der Waals surface area contributed by atoms with E-state index in [-0.39, 0.29) is 24.8 Å². The van der Waals surface area contributed by atoms with Crippen molar-refractivity contribution in [1.29, 1.82) is 0 Å². The highest BCUT2D eigenvalue weighted by molar-refractivity contribution is 5.79. The first-order chi connectivity index (χ1) is 8.52. The molecule has 2 saturated heterocycles. The third-order valence-electron chi connectivity index (χ3n) is 3.86. The number of amides is 1. The van der Waals surface area contributed by atoms with Gasteiger partial charge >= 0.3 is 0 Å². The van der Waals surface area contributed by atoms with Gasteiger partial charge in [0.2, 0.25) is 5.91 Å². The van der Waals surface area contributed by atoms with Crippen molar-refractivity contribution in [3.63, 3.8) is 0 Å². The second-order valence-electron chi connectivity index (χ2n) is 5.27. The van der Waals surface area contributed by atoms with Gasteiger partial charge in [-0.05, 0) is 25.9 Å². The molecule has 2 fully saturated rings. The molecule has 0 unspecified atom stereocenters. The van der Waals surface area contributed by atoms with E-state index in [1.807, 2.05) is 0 Å². The van der Waals surface area contributed by atoms with Crippen molar-refractivity contribution < 1.29 is 13.6 Å². The molecule has 0 atom stereocenters. The number of carbonyl (C=O) groups excluding carboxylic acids is 1. The number of likely N-dealkylation sites (tertiary alicyclic amines) is 2. The molecule has 4 nitrogen and oxygen atoms in total. The molecule has 104 valence electrons. The maximum absolute atomic E-state index is 13.1. The van der Waals surface area contributed by atoms with Gasteiger partial charge in [-0.1, -0.05) is 0 Å². The number of rotatable bonds is 3. The number of nitrogens with two attached hydrogens (primary N) is 1. The monoisotopic (exact) mass is 261 g/mol. The van der Waals surface area contributed by atoms with E-state index in [9.17, 15) is 13.6 Å². The molecule has 6 heteroatoms. The lowest BCUT2D eigenvalue weighted by Crippen LogP contribution is -2.43. The van der Waals surface area contributed by atoms with Gasteiger partial charge in [0.05, 0.1) is 6.54 Å².